The van der Waals surface area contributed by atoms with Crippen molar-refractivity contribution in [2.24, 2.45) is 0 Å². The Bertz CT molecular complexity index is 984. The Morgan fingerprint density at radius 1 is 1.00 bits per heavy atom. The Balaban J connectivity index is 1.73. The van der Waals surface area contributed by atoms with Gasteiger partial charge in [0.1, 0.15) is 5.75 Å². The zero-order valence-corrected chi connectivity index (χ0v) is 15.0. The molecular formula is C23H19NO3. The lowest BCUT2D eigenvalue weighted by Crippen LogP contribution is -2.24. The molecule has 2 aromatic carbocycles. The Labute approximate surface area is 158 Å². The first-order valence-electron chi connectivity index (χ1n) is 8.86. The Hall–Kier alpha value is -3.53. The monoisotopic (exact) mass is 357 g/mol. The highest BCUT2D eigenvalue weighted by Gasteiger charge is 2.31. The van der Waals surface area contributed by atoms with Gasteiger partial charge in [-0.15, -0.1) is 0 Å². The molecule has 0 unspecified atom stereocenters. The molecule has 4 nitrogen and oxygen atoms in total. The van der Waals surface area contributed by atoms with Crippen LogP contribution in [-0.2, 0) is 4.79 Å². The molecule has 0 aliphatic carbocycles. The van der Waals surface area contributed by atoms with Crippen LogP contribution in [0.15, 0.2) is 89.1 Å². The maximum absolute atomic E-state index is 13.1. The lowest BCUT2D eigenvalue weighted by molar-refractivity contribution is -0.113. The molecule has 134 valence electrons. The molecule has 1 aliphatic heterocycles. The van der Waals surface area contributed by atoms with E-state index in [2.05, 4.69) is 0 Å². The van der Waals surface area contributed by atoms with Gasteiger partial charge in [0.05, 0.1) is 18.6 Å². The van der Waals surface area contributed by atoms with Crippen molar-refractivity contribution in [3.05, 3.63) is 95.8 Å². The molecular weight excluding hydrogens is 338 g/mol. The number of anilines is 1. The molecule has 0 spiro atoms. The van der Waals surface area contributed by atoms with Crippen LogP contribution < -0.4 is 9.64 Å². The summed E-state index contributed by atoms with van der Waals surface area (Å²) in [6.45, 7) is 2.58. The zero-order chi connectivity index (χ0) is 18.6. The highest BCUT2D eigenvalue weighted by atomic mass is 16.5. The Morgan fingerprint density at radius 2 is 1.78 bits per heavy atom. The van der Waals surface area contributed by atoms with Gasteiger partial charge in [0.15, 0.2) is 0 Å². The van der Waals surface area contributed by atoms with E-state index in [1.807, 2.05) is 73.7 Å². The number of amides is 1. The van der Waals surface area contributed by atoms with Crippen molar-refractivity contribution >= 4 is 23.6 Å². The summed E-state index contributed by atoms with van der Waals surface area (Å²) < 4.78 is 11.0. The topological polar surface area (TPSA) is 42.7 Å². The maximum Gasteiger partial charge on any atom is 0.265 e. The lowest BCUT2D eigenvalue weighted by atomic mass is 10.1. The van der Waals surface area contributed by atoms with Crippen LogP contribution in [0.25, 0.3) is 11.8 Å². The highest BCUT2D eigenvalue weighted by molar-refractivity contribution is 6.22. The van der Waals surface area contributed by atoms with Gasteiger partial charge in [0.25, 0.3) is 5.91 Å². The third kappa shape index (κ3) is 3.42. The van der Waals surface area contributed by atoms with Crippen LogP contribution in [0.5, 0.6) is 5.75 Å². The van der Waals surface area contributed by atoms with Gasteiger partial charge in [-0.1, -0.05) is 42.5 Å². The van der Waals surface area contributed by atoms with Crippen molar-refractivity contribution in [1.82, 2.24) is 0 Å². The zero-order valence-electron chi connectivity index (χ0n) is 15.0. The molecule has 0 radical (unpaired) electrons. The van der Waals surface area contributed by atoms with E-state index in [4.69, 9.17) is 9.15 Å². The van der Waals surface area contributed by atoms with Crippen molar-refractivity contribution in [3.8, 4) is 5.75 Å². The number of carbonyl (C=O) groups excluding carboxylic acids is 1. The second kappa shape index (κ2) is 7.38. The molecule has 0 fully saturated rings. The predicted octanol–water partition coefficient (Wildman–Crippen LogP) is 5.15. The van der Waals surface area contributed by atoms with Crippen LogP contribution in [0.2, 0.25) is 0 Å². The number of carbonyl (C=O) groups is 1. The van der Waals surface area contributed by atoms with Crippen molar-refractivity contribution in [2.45, 2.75) is 6.92 Å². The standard InChI is InChI=1S/C23H19NO3/c1-2-26-20-12-10-17(11-13-20)15-19-16-21(18-7-4-3-5-8-18)24(23(19)25)22-9-6-14-27-22/h3-16H,2H2,1H3/b19-15+. The summed E-state index contributed by atoms with van der Waals surface area (Å²) in [6.07, 6.45) is 5.35. The third-order valence-corrected chi connectivity index (χ3v) is 4.29. The summed E-state index contributed by atoms with van der Waals surface area (Å²) in [7, 11) is 0. The van der Waals surface area contributed by atoms with E-state index < -0.39 is 0 Å². The lowest BCUT2D eigenvalue weighted by Gasteiger charge is -2.17. The molecule has 0 bridgehead atoms. The number of ether oxygens (including phenoxy) is 1. The average Bonchev–Trinajstić information content (AvgIpc) is 3.33. The van der Waals surface area contributed by atoms with Crippen LogP contribution in [-0.4, -0.2) is 12.5 Å². The van der Waals surface area contributed by atoms with Crippen LogP contribution in [0.3, 0.4) is 0 Å². The summed E-state index contributed by atoms with van der Waals surface area (Å²) in [4.78, 5) is 14.7. The smallest absolute Gasteiger partial charge is 0.265 e. The molecule has 27 heavy (non-hydrogen) atoms. The molecule has 4 rings (SSSR count). The summed E-state index contributed by atoms with van der Waals surface area (Å²) in [5.41, 5.74) is 3.30. The van der Waals surface area contributed by atoms with Gasteiger partial charge in [-0.3, -0.25) is 4.79 Å². The van der Waals surface area contributed by atoms with E-state index in [1.165, 1.54) is 0 Å². The normalized spacial score (nSPS) is 15.3. The minimum Gasteiger partial charge on any atom is -0.494 e. The predicted molar refractivity (Wildman–Crippen MR) is 106 cm³/mol. The van der Waals surface area contributed by atoms with Crippen molar-refractivity contribution in [1.29, 1.82) is 0 Å². The summed E-state index contributed by atoms with van der Waals surface area (Å²) in [6, 6.07) is 21.1. The van der Waals surface area contributed by atoms with E-state index >= 15 is 0 Å². The average molecular weight is 357 g/mol. The van der Waals surface area contributed by atoms with E-state index in [0.29, 0.717) is 18.1 Å². The quantitative estimate of drug-likeness (QED) is 0.593. The second-order valence-electron chi connectivity index (χ2n) is 6.09. The molecule has 1 aliphatic rings. The highest BCUT2D eigenvalue weighted by Crippen LogP contribution is 2.35. The number of hydrogen-bond acceptors (Lipinski definition) is 3. The largest absolute Gasteiger partial charge is 0.494 e. The summed E-state index contributed by atoms with van der Waals surface area (Å²) in [5.74, 6) is 1.21. The molecule has 0 saturated heterocycles. The number of nitrogens with zero attached hydrogens (tertiary/aromatic N) is 1. The van der Waals surface area contributed by atoms with Gasteiger partial charge in [0.2, 0.25) is 5.88 Å². The second-order valence-corrected chi connectivity index (χ2v) is 6.09. The molecule has 0 saturated carbocycles. The van der Waals surface area contributed by atoms with Gasteiger partial charge < -0.3 is 9.15 Å². The van der Waals surface area contributed by atoms with Crippen LogP contribution in [0, 0.1) is 0 Å². The fourth-order valence-electron chi connectivity index (χ4n) is 3.06. The van der Waals surface area contributed by atoms with Crippen LogP contribution in [0.4, 0.5) is 5.88 Å². The van der Waals surface area contributed by atoms with Gasteiger partial charge in [-0.25, -0.2) is 4.90 Å². The molecule has 1 amide bonds. The summed E-state index contributed by atoms with van der Waals surface area (Å²) in [5, 5.41) is 0. The van der Waals surface area contributed by atoms with Crippen LogP contribution >= 0.6 is 0 Å². The Kier molecular flexibility index (Phi) is 4.62. The van der Waals surface area contributed by atoms with Crippen molar-refractivity contribution in [3.63, 3.8) is 0 Å². The van der Waals surface area contributed by atoms with E-state index in [0.717, 1.165) is 22.6 Å². The molecule has 1 aromatic heterocycles. The first kappa shape index (κ1) is 16.9. The number of benzene rings is 2. The van der Waals surface area contributed by atoms with Gasteiger partial charge in [-0.05, 0) is 48.4 Å². The molecule has 2 heterocycles. The minimum atomic E-state index is -0.113. The van der Waals surface area contributed by atoms with Gasteiger partial charge >= 0.3 is 0 Å². The van der Waals surface area contributed by atoms with Crippen LogP contribution in [0.1, 0.15) is 18.1 Å². The number of furan rings is 1. The minimum absolute atomic E-state index is 0.113. The molecule has 4 heteroatoms. The first-order valence-corrected chi connectivity index (χ1v) is 8.86. The van der Waals surface area contributed by atoms with Gasteiger partial charge in [0, 0.05) is 11.6 Å². The van der Waals surface area contributed by atoms with E-state index in [1.54, 1.807) is 23.3 Å². The first-order chi connectivity index (χ1) is 13.3. The molecule has 3 aromatic rings. The third-order valence-electron chi connectivity index (χ3n) is 4.29. The Morgan fingerprint density at radius 3 is 2.44 bits per heavy atom. The SMILES string of the molecule is CCOc1ccc(/C=C2\C=C(c3ccccc3)N(c3ccco3)C2=O)cc1. The molecule has 0 atom stereocenters. The van der Waals surface area contributed by atoms with Crippen molar-refractivity contribution in [2.75, 3.05) is 11.5 Å². The maximum atomic E-state index is 13.1. The van der Waals surface area contributed by atoms with Crippen molar-refractivity contribution < 1.29 is 13.9 Å². The van der Waals surface area contributed by atoms with Gasteiger partial charge in [-0.2, -0.15) is 0 Å². The van der Waals surface area contributed by atoms with E-state index in [-0.39, 0.29) is 5.91 Å². The number of hydrogen-bond donors (Lipinski definition) is 0. The summed E-state index contributed by atoms with van der Waals surface area (Å²) >= 11 is 0. The fourth-order valence-corrected chi connectivity index (χ4v) is 3.06. The van der Waals surface area contributed by atoms with E-state index in [9.17, 15) is 4.79 Å². The molecule has 0 N–H and O–H groups in total. The fraction of sp³-hybridized carbons (Fsp3) is 0.0870. The number of rotatable bonds is 5.